The van der Waals surface area contributed by atoms with Gasteiger partial charge in [-0.05, 0) is 37.8 Å². The molecule has 0 saturated heterocycles. The van der Waals surface area contributed by atoms with Crippen LogP contribution in [0.4, 0.5) is 5.69 Å². The van der Waals surface area contributed by atoms with Gasteiger partial charge in [0.25, 0.3) is 5.69 Å². The lowest BCUT2D eigenvalue weighted by Gasteiger charge is -2.12. The number of ether oxygens (including phenoxy) is 1. The highest BCUT2D eigenvalue weighted by molar-refractivity contribution is 5.43. The first-order valence-electron chi connectivity index (χ1n) is 6.80. The van der Waals surface area contributed by atoms with Crippen LogP contribution in [0.3, 0.4) is 0 Å². The van der Waals surface area contributed by atoms with E-state index in [4.69, 9.17) is 4.74 Å². The first-order chi connectivity index (χ1) is 9.60. The lowest BCUT2D eigenvalue weighted by atomic mass is 10.1. The fourth-order valence-electron chi connectivity index (χ4n) is 2.66. The Labute approximate surface area is 117 Å². The van der Waals surface area contributed by atoms with Crippen molar-refractivity contribution in [2.24, 2.45) is 5.92 Å². The van der Waals surface area contributed by atoms with Crippen LogP contribution in [-0.4, -0.2) is 29.8 Å². The van der Waals surface area contributed by atoms with Crippen molar-refractivity contribution in [3.63, 3.8) is 0 Å². The number of nitrogens with zero attached hydrogens (tertiary/aromatic N) is 1. The summed E-state index contributed by atoms with van der Waals surface area (Å²) in [6.45, 7) is 1.33. The maximum atomic E-state index is 10.8. The molecule has 0 radical (unpaired) electrons. The molecule has 1 saturated carbocycles. The SMILES string of the molecule is COc1ccc([N+](=O)[O-])cc1CNCC1CCC(O)C1. The van der Waals surface area contributed by atoms with Crippen LogP contribution in [0.1, 0.15) is 24.8 Å². The van der Waals surface area contributed by atoms with Crippen LogP contribution in [0.25, 0.3) is 0 Å². The second-order valence-corrected chi connectivity index (χ2v) is 5.22. The van der Waals surface area contributed by atoms with Crippen LogP contribution in [0, 0.1) is 16.0 Å². The Morgan fingerprint density at radius 2 is 2.30 bits per heavy atom. The van der Waals surface area contributed by atoms with Gasteiger partial charge in [0.05, 0.1) is 18.1 Å². The summed E-state index contributed by atoms with van der Waals surface area (Å²) in [5.41, 5.74) is 0.846. The number of nitrogens with one attached hydrogen (secondary N) is 1. The van der Waals surface area contributed by atoms with Gasteiger partial charge in [-0.25, -0.2) is 0 Å². The lowest BCUT2D eigenvalue weighted by molar-refractivity contribution is -0.384. The fraction of sp³-hybridized carbons (Fsp3) is 0.571. The Morgan fingerprint density at radius 3 is 2.90 bits per heavy atom. The van der Waals surface area contributed by atoms with Gasteiger partial charge in [0.15, 0.2) is 0 Å². The summed E-state index contributed by atoms with van der Waals surface area (Å²) in [5, 5.41) is 23.6. The number of aliphatic hydroxyl groups excluding tert-OH is 1. The molecule has 0 aromatic heterocycles. The van der Waals surface area contributed by atoms with Gasteiger partial charge in [-0.1, -0.05) is 0 Å². The maximum Gasteiger partial charge on any atom is 0.270 e. The maximum absolute atomic E-state index is 10.8. The van der Waals surface area contributed by atoms with Crippen molar-refractivity contribution in [2.75, 3.05) is 13.7 Å². The van der Waals surface area contributed by atoms with Crippen molar-refractivity contribution >= 4 is 5.69 Å². The number of benzene rings is 1. The van der Waals surface area contributed by atoms with Crippen LogP contribution < -0.4 is 10.1 Å². The third kappa shape index (κ3) is 3.68. The Morgan fingerprint density at radius 1 is 1.50 bits per heavy atom. The zero-order chi connectivity index (χ0) is 14.5. The van der Waals surface area contributed by atoms with E-state index in [1.165, 1.54) is 12.1 Å². The van der Waals surface area contributed by atoms with Gasteiger partial charge in [-0.15, -0.1) is 0 Å². The molecular weight excluding hydrogens is 260 g/mol. The lowest BCUT2D eigenvalue weighted by Crippen LogP contribution is -2.21. The predicted molar refractivity (Wildman–Crippen MR) is 74.7 cm³/mol. The highest BCUT2D eigenvalue weighted by Crippen LogP contribution is 2.26. The third-order valence-electron chi connectivity index (χ3n) is 3.74. The summed E-state index contributed by atoms with van der Waals surface area (Å²) in [5.74, 6) is 1.13. The average molecular weight is 280 g/mol. The van der Waals surface area contributed by atoms with E-state index in [1.54, 1.807) is 13.2 Å². The minimum atomic E-state index is -0.406. The molecule has 0 aliphatic heterocycles. The van der Waals surface area contributed by atoms with Crippen molar-refractivity contribution in [3.05, 3.63) is 33.9 Å². The standard InChI is InChI=1S/C14H20N2O4/c1-20-14-5-3-12(16(18)19)7-11(14)9-15-8-10-2-4-13(17)6-10/h3,5,7,10,13,15,17H,2,4,6,8-9H2,1H3. The number of non-ortho nitro benzene ring substituents is 1. The van der Waals surface area contributed by atoms with E-state index in [0.29, 0.717) is 18.2 Å². The van der Waals surface area contributed by atoms with Gasteiger partial charge < -0.3 is 15.2 Å². The summed E-state index contributed by atoms with van der Waals surface area (Å²) < 4.78 is 5.22. The van der Waals surface area contributed by atoms with Crippen molar-refractivity contribution < 1.29 is 14.8 Å². The molecule has 1 aliphatic rings. The second kappa shape index (κ2) is 6.67. The molecular formula is C14H20N2O4. The van der Waals surface area contributed by atoms with Crippen molar-refractivity contribution in [3.8, 4) is 5.75 Å². The normalized spacial score (nSPS) is 21.9. The quantitative estimate of drug-likeness (QED) is 0.613. The Kier molecular flexibility index (Phi) is 4.92. The van der Waals surface area contributed by atoms with E-state index < -0.39 is 4.92 Å². The van der Waals surface area contributed by atoms with Crippen LogP contribution >= 0.6 is 0 Å². The summed E-state index contributed by atoms with van der Waals surface area (Å²) >= 11 is 0. The Hall–Kier alpha value is -1.66. The number of hydrogen-bond donors (Lipinski definition) is 2. The molecule has 2 atom stereocenters. The average Bonchev–Trinajstić information content (AvgIpc) is 2.84. The van der Waals surface area contributed by atoms with Gasteiger partial charge >= 0.3 is 0 Å². The van der Waals surface area contributed by atoms with E-state index in [9.17, 15) is 15.2 Å². The summed E-state index contributed by atoms with van der Waals surface area (Å²) in [7, 11) is 1.55. The number of nitro groups is 1. The topological polar surface area (TPSA) is 84.6 Å². The third-order valence-corrected chi connectivity index (χ3v) is 3.74. The minimum absolute atomic E-state index is 0.0684. The van der Waals surface area contributed by atoms with Crippen molar-refractivity contribution in [1.29, 1.82) is 0 Å². The highest BCUT2D eigenvalue weighted by atomic mass is 16.6. The number of hydrogen-bond acceptors (Lipinski definition) is 5. The van der Waals surface area contributed by atoms with E-state index in [1.807, 2.05) is 0 Å². The minimum Gasteiger partial charge on any atom is -0.496 e. The number of methoxy groups -OCH3 is 1. The first kappa shape index (κ1) is 14.7. The predicted octanol–water partition coefficient (Wildman–Crippen LogP) is 1.85. The number of aliphatic hydroxyl groups is 1. The van der Waals surface area contributed by atoms with E-state index in [-0.39, 0.29) is 11.8 Å². The number of nitro benzene ring substituents is 1. The van der Waals surface area contributed by atoms with Crippen LogP contribution in [-0.2, 0) is 6.54 Å². The summed E-state index contributed by atoms with van der Waals surface area (Å²) in [6.07, 6.45) is 2.56. The molecule has 20 heavy (non-hydrogen) atoms. The van der Waals surface area contributed by atoms with Crippen LogP contribution in [0.15, 0.2) is 18.2 Å². The summed E-state index contributed by atoms with van der Waals surface area (Å²) in [6, 6.07) is 4.60. The molecule has 2 N–H and O–H groups in total. The van der Waals surface area contributed by atoms with Gasteiger partial charge in [0.2, 0.25) is 0 Å². The fourth-order valence-corrected chi connectivity index (χ4v) is 2.66. The van der Waals surface area contributed by atoms with Gasteiger partial charge in [0.1, 0.15) is 5.75 Å². The van der Waals surface area contributed by atoms with Gasteiger partial charge in [-0.3, -0.25) is 10.1 Å². The van der Waals surface area contributed by atoms with Crippen molar-refractivity contribution in [1.82, 2.24) is 5.32 Å². The Balaban J connectivity index is 1.93. The van der Waals surface area contributed by atoms with E-state index >= 15 is 0 Å². The largest absolute Gasteiger partial charge is 0.496 e. The molecule has 0 spiro atoms. The van der Waals surface area contributed by atoms with Gasteiger partial charge in [-0.2, -0.15) is 0 Å². The molecule has 0 bridgehead atoms. The molecule has 6 nitrogen and oxygen atoms in total. The molecule has 6 heteroatoms. The second-order valence-electron chi connectivity index (χ2n) is 5.22. The molecule has 1 aromatic carbocycles. The molecule has 110 valence electrons. The van der Waals surface area contributed by atoms with Crippen LogP contribution in [0.5, 0.6) is 5.75 Å². The van der Waals surface area contributed by atoms with E-state index in [2.05, 4.69) is 5.32 Å². The molecule has 1 aliphatic carbocycles. The van der Waals surface area contributed by atoms with Crippen LogP contribution in [0.2, 0.25) is 0 Å². The Bertz CT molecular complexity index is 478. The number of rotatable bonds is 6. The van der Waals surface area contributed by atoms with Crippen molar-refractivity contribution in [2.45, 2.75) is 31.9 Å². The molecule has 2 unspecified atom stereocenters. The molecule has 0 amide bonds. The van der Waals surface area contributed by atoms with E-state index in [0.717, 1.165) is 31.4 Å². The zero-order valence-electron chi connectivity index (χ0n) is 11.5. The monoisotopic (exact) mass is 280 g/mol. The molecule has 1 fully saturated rings. The van der Waals surface area contributed by atoms with Gasteiger partial charge in [0, 0.05) is 24.2 Å². The first-order valence-corrected chi connectivity index (χ1v) is 6.80. The molecule has 2 rings (SSSR count). The zero-order valence-corrected chi connectivity index (χ0v) is 11.5. The summed E-state index contributed by atoms with van der Waals surface area (Å²) in [4.78, 5) is 10.4. The molecule has 0 heterocycles. The molecule has 1 aromatic rings. The smallest absolute Gasteiger partial charge is 0.270 e. The highest BCUT2D eigenvalue weighted by Gasteiger charge is 2.22.